The number of aryl methyl sites for hydroxylation is 1. The van der Waals surface area contributed by atoms with Crippen LogP contribution in [0.15, 0.2) is 42.1 Å². The fourth-order valence-corrected chi connectivity index (χ4v) is 2.69. The normalized spacial score (nSPS) is 13.3. The van der Waals surface area contributed by atoms with Crippen molar-refractivity contribution in [2.24, 2.45) is 0 Å². The summed E-state index contributed by atoms with van der Waals surface area (Å²) in [6, 6.07) is 10.9. The quantitative estimate of drug-likeness (QED) is 0.768. The molecule has 0 N–H and O–H groups in total. The molecule has 0 saturated carbocycles. The molecule has 0 atom stereocenters. The van der Waals surface area contributed by atoms with Gasteiger partial charge in [-0.25, -0.2) is 0 Å². The molecule has 1 aromatic heterocycles. The summed E-state index contributed by atoms with van der Waals surface area (Å²) in [7, 11) is 0. The summed E-state index contributed by atoms with van der Waals surface area (Å²) in [5, 5.41) is 0. The molecule has 1 aliphatic carbocycles. The Kier molecular flexibility index (Phi) is 2.75. The predicted molar refractivity (Wildman–Crippen MR) is 75.6 cm³/mol. The first-order valence-electron chi connectivity index (χ1n) is 6.42. The first-order valence-corrected chi connectivity index (χ1v) is 6.42. The Morgan fingerprint density at radius 1 is 1.17 bits per heavy atom. The molecule has 1 heterocycles. The SMILES string of the molecule is CC1=Cc2c(cccc2Cc2ccnc(C)c2)C1. The molecule has 0 unspecified atom stereocenters. The number of nitrogens with zero attached hydrogens (tertiary/aromatic N) is 1. The van der Waals surface area contributed by atoms with Crippen LogP contribution in [-0.4, -0.2) is 4.98 Å². The van der Waals surface area contributed by atoms with Crippen LogP contribution in [0.2, 0.25) is 0 Å². The zero-order valence-corrected chi connectivity index (χ0v) is 10.9. The van der Waals surface area contributed by atoms with Crippen LogP contribution in [0.3, 0.4) is 0 Å². The van der Waals surface area contributed by atoms with E-state index in [9.17, 15) is 0 Å². The lowest BCUT2D eigenvalue weighted by Gasteiger charge is -2.08. The Balaban J connectivity index is 1.97. The topological polar surface area (TPSA) is 12.9 Å². The molecule has 0 amide bonds. The van der Waals surface area contributed by atoms with Gasteiger partial charge in [-0.1, -0.05) is 29.8 Å². The minimum atomic E-state index is 0.996. The van der Waals surface area contributed by atoms with Crippen LogP contribution in [0.4, 0.5) is 0 Å². The number of allylic oxidation sites excluding steroid dienone is 1. The third-order valence-electron chi connectivity index (χ3n) is 3.50. The Morgan fingerprint density at radius 2 is 2.06 bits per heavy atom. The number of aromatic nitrogens is 1. The highest BCUT2D eigenvalue weighted by atomic mass is 14.6. The third kappa shape index (κ3) is 2.08. The van der Waals surface area contributed by atoms with Crippen molar-refractivity contribution in [2.75, 3.05) is 0 Å². The largest absolute Gasteiger partial charge is 0.262 e. The van der Waals surface area contributed by atoms with E-state index in [0.717, 1.165) is 18.5 Å². The molecule has 0 aliphatic heterocycles. The molecule has 0 saturated heterocycles. The Labute approximate surface area is 108 Å². The number of hydrogen-bond donors (Lipinski definition) is 0. The standard InChI is InChI=1S/C17H17N/c1-12-8-15-4-3-5-16(17(15)9-12)11-14-6-7-18-13(2)10-14/h3-7,9-10H,8,11H2,1-2H3. The fourth-order valence-electron chi connectivity index (χ4n) is 2.69. The molecule has 1 nitrogen and oxygen atoms in total. The third-order valence-corrected chi connectivity index (χ3v) is 3.50. The van der Waals surface area contributed by atoms with Crippen LogP contribution >= 0.6 is 0 Å². The van der Waals surface area contributed by atoms with E-state index >= 15 is 0 Å². The highest BCUT2D eigenvalue weighted by Gasteiger charge is 2.13. The van der Waals surface area contributed by atoms with E-state index in [2.05, 4.69) is 48.3 Å². The first kappa shape index (κ1) is 11.2. The molecule has 0 spiro atoms. The average Bonchev–Trinajstić information content (AvgIpc) is 2.71. The van der Waals surface area contributed by atoms with Crippen molar-refractivity contribution in [3.8, 4) is 0 Å². The molecule has 1 aliphatic rings. The molecule has 2 aromatic rings. The van der Waals surface area contributed by atoms with Crippen LogP contribution in [-0.2, 0) is 12.8 Å². The molecule has 0 bridgehead atoms. The molecule has 1 aromatic carbocycles. The number of benzene rings is 1. The molecule has 1 heteroatoms. The molecule has 0 radical (unpaired) electrons. The van der Waals surface area contributed by atoms with Gasteiger partial charge in [0.2, 0.25) is 0 Å². The lowest BCUT2D eigenvalue weighted by Crippen LogP contribution is -1.94. The zero-order chi connectivity index (χ0) is 12.5. The molecule has 18 heavy (non-hydrogen) atoms. The smallest absolute Gasteiger partial charge is 0.0375 e. The monoisotopic (exact) mass is 235 g/mol. The highest BCUT2D eigenvalue weighted by molar-refractivity contribution is 5.66. The fraction of sp³-hybridized carbons (Fsp3) is 0.235. The number of pyridine rings is 1. The van der Waals surface area contributed by atoms with Crippen molar-refractivity contribution in [1.82, 2.24) is 4.98 Å². The van der Waals surface area contributed by atoms with Gasteiger partial charge in [0.15, 0.2) is 0 Å². The number of fused-ring (bicyclic) bond motifs is 1. The second-order valence-corrected chi connectivity index (χ2v) is 5.14. The minimum Gasteiger partial charge on any atom is -0.262 e. The lowest BCUT2D eigenvalue weighted by atomic mass is 9.97. The van der Waals surface area contributed by atoms with Crippen LogP contribution in [0, 0.1) is 6.92 Å². The van der Waals surface area contributed by atoms with Gasteiger partial charge >= 0.3 is 0 Å². The van der Waals surface area contributed by atoms with E-state index in [1.54, 1.807) is 0 Å². The Bertz CT molecular complexity index is 623. The van der Waals surface area contributed by atoms with E-state index in [1.807, 2.05) is 13.1 Å². The van der Waals surface area contributed by atoms with Crippen molar-refractivity contribution < 1.29 is 0 Å². The molecule has 0 fully saturated rings. The lowest BCUT2D eigenvalue weighted by molar-refractivity contribution is 1.11. The van der Waals surface area contributed by atoms with Crippen LogP contribution in [0.5, 0.6) is 0 Å². The van der Waals surface area contributed by atoms with Gasteiger partial charge in [0.1, 0.15) is 0 Å². The maximum Gasteiger partial charge on any atom is 0.0375 e. The van der Waals surface area contributed by atoms with Gasteiger partial charge in [0.25, 0.3) is 0 Å². The van der Waals surface area contributed by atoms with Crippen molar-refractivity contribution in [3.05, 3.63) is 70.0 Å². The van der Waals surface area contributed by atoms with Gasteiger partial charge in [0, 0.05) is 11.9 Å². The van der Waals surface area contributed by atoms with E-state index in [1.165, 1.54) is 27.8 Å². The van der Waals surface area contributed by atoms with Gasteiger partial charge in [0.05, 0.1) is 0 Å². The van der Waals surface area contributed by atoms with Crippen molar-refractivity contribution >= 4 is 6.08 Å². The van der Waals surface area contributed by atoms with Gasteiger partial charge in [-0.2, -0.15) is 0 Å². The number of rotatable bonds is 2. The van der Waals surface area contributed by atoms with Gasteiger partial charge in [-0.05, 0) is 61.1 Å². The van der Waals surface area contributed by atoms with E-state index in [4.69, 9.17) is 0 Å². The van der Waals surface area contributed by atoms with Crippen molar-refractivity contribution in [3.63, 3.8) is 0 Å². The molecule has 3 rings (SSSR count). The maximum atomic E-state index is 4.25. The van der Waals surface area contributed by atoms with Gasteiger partial charge < -0.3 is 0 Å². The van der Waals surface area contributed by atoms with Crippen LogP contribution in [0.25, 0.3) is 6.08 Å². The average molecular weight is 235 g/mol. The summed E-state index contributed by atoms with van der Waals surface area (Å²) >= 11 is 0. The predicted octanol–water partition coefficient (Wildman–Crippen LogP) is 3.94. The summed E-state index contributed by atoms with van der Waals surface area (Å²) in [6.07, 6.45) is 6.34. The Morgan fingerprint density at radius 3 is 2.89 bits per heavy atom. The second kappa shape index (κ2) is 4.41. The van der Waals surface area contributed by atoms with Crippen molar-refractivity contribution in [1.29, 1.82) is 0 Å². The van der Waals surface area contributed by atoms with Crippen LogP contribution in [0.1, 0.15) is 34.9 Å². The first-order chi connectivity index (χ1) is 8.72. The Hall–Kier alpha value is -1.89. The van der Waals surface area contributed by atoms with E-state index in [0.29, 0.717) is 0 Å². The van der Waals surface area contributed by atoms with Crippen molar-refractivity contribution in [2.45, 2.75) is 26.7 Å². The highest BCUT2D eigenvalue weighted by Crippen LogP contribution is 2.28. The molecular formula is C17H17N. The number of hydrogen-bond acceptors (Lipinski definition) is 1. The second-order valence-electron chi connectivity index (χ2n) is 5.14. The van der Waals surface area contributed by atoms with Gasteiger partial charge in [-0.3, -0.25) is 4.98 Å². The zero-order valence-electron chi connectivity index (χ0n) is 10.9. The molecular weight excluding hydrogens is 218 g/mol. The van der Waals surface area contributed by atoms with Gasteiger partial charge in [-0.15, -0.1) is 0 Å². The molecule has 90 valence electrons. The summed E-state index contributed by atoms with van der Waals surface area (Å²) in [5.41, 5.74) is 8.22. The minimum absolute atomic E-state index is 0.996. The summed E-state index contributed by atoms with van der Waals surface area (Å²) in [6.45, 7) is 4.25. The van der Waals surface area contributed by atoms with E-state index in [-0.39, 0.29) is 0 Å². The van der Waals surface area contributed by atoms with Crippen LogP contribution < -0.4 is 0 Å². The summed E-state index contributed by atoms with van der Waals surface area (Å²) in [4.78, 5) is 4.25. The maximum absolute atomic E-state index is 4.25. The van der Waals surface area contributed by atoms with E-state index < -0.39 is 0 Å². The summed E-state index contributed by atoms with van der Waals surface area (Å²) in [5.74, 6) is 0. The summed E-state index contributed by atoms with van der Waals surface area (Å²) < 4.78 is 0.